The molecule has 0 N–H and O–H groups in total. The van der Waals surface area contributed by atoms with E-state index in [1.807, 2.05) is 12.1 Å². The molecule has 0 unspecified atom stereocenters. The van der Waals surface area contributed by atoms with Crippen LogP contribution in [0.4, 0.5) is 22.0 Å². The molecule has 0 atom stereocenters. The highest BCUT2D eigenvalue weighted by molar-refractivity contribution is 5.75. The number of rotatable bonds is 5. The molecule has 2 aromatic carbocycles. The van der Waals surface area contributed by atoms with Crippen LogP contribution in [0.5, 0.6) is 5.75 Å². The minimum atomic E-state index is -2.30. The van der Waals surface area contributed by atoms with Gasteiger partial charge in [-0.05, 0) is 23.5 Å². The van der Waals surface area contributed by atoms with Crippen molar-refractivity contribution in [1.29, 1.82) is 0 Å². The first-order valence-electron chi connectivity index (χ1n) is 12.2. The molecular weight excluding hydrogens is 451 g/mol. The minimum absolute atomic E-state index is 0.358. The topological polar surface area (TPSA) is 26.3 Å². The molecule has 0 heterocycles. The van der Waals surface area contributed by atoms with Crippen LogP contribution in [0.25, 0.3) is 0 Å². The van der Waals surface area contributed by atoms with Crippen molar-refractivity contribution in [1.82, 2.24) is 0 Å². The van der Waals surface area contributed by atoms with E-state index in [-0.39, 0.29) is 6.42 Å². The van der Waals surface area contributed by atoms with Crippen LogP contribution in [0.2, 0.25) is 0 Å². The van der Waals surface area contributed by atoms with Gasteiger partial charge in [0.05, 0.1) is 6.42 Å². The molecular formula is C27H31F5O2. The number of esters is 1. The second kappa shape index (κ2) is 12.9. The monoisotopic (exact) mass is 482 g/mol. The Labute approximate surface area is 197 Å². The lowest BCUT2D eigenvalue weighted by atomic mass is 9.88. The average molecular weight is 483 g/mol. The van der Waals surface area contributed by atoms with Crippen molar-refractivity contribution < 1.29 is 31.5 Å². The maximum absolute atomic E-state index is 13.7. The van der Waals surface area contributed by atoms with Crippen molar-refractivity contribution in [2.45, 2.75) is 83.5 Å². The Kier molecular flexibility index (Phi) is 9.90. The van der Waals surface area contributed by atoms with Crippen molar-refractivity contribution in [3.63, 3.8) is 0 Å². The smallest absolute Gasteiger partial charge is 0.315 e. The zero-order chi connectivity index (χ0) is 24.5. The van der Waals surface area contributed by atoms with Crippen LogP contribution in [0, 0.1) is 35.0 Å². The van der Waals surface area contributed by atoms with Crippen LogP contribution in [0.15, 0.2) is 24.3 Å². The van der Waals surface area contributed by atoms with Crippen molar-refractivity contribution in [3.8, 4) is 5.75 Å². The van der Waals surface area contributed by atoms with Gasteiger partial charge >= 0.3 is 5.97 Å². The van der Waals surface area contributed by atoms with E-state index in [1.165, 1.54) is 70.6 Å². The molecule has 0 radical (unpaired) electrons. The third-order valence-electron chi connectivity index (χ3n) is 6.51. The van der Waals surface area contributed by atoms with E-state index in [9.17, 15) is 26.7 Å². The summed E-state index contributed by atoms with van der Waals surface area (Å²) in [6, 6.07) is 7.28. The molecule has 0 bridgehead atoms. The Bertz CT molecular complexity index is 917. The summed E-state index contributed by atoms with van der Waals surface area (Å²) in [4.78, 5) is 12.1. The zero-order valence-electron chi connectivity index (χ0n) is 19.3. The largest absolute Gasteiger partial charge is 0.420 e. The highest BCUT2D eigenvalue weighted by Gasteiger charge is 2.28. The summed E-state index contributed by atoms with van der Waals surface area (Å²) in [5.74, 6) is -13.0. The first-order chi connectivity index (χ1) is 16.4. The highest BCUT2D eigenvalue weighted by Crippen LogP contribution is 2.29. The van der Waals surface area contributed by atoms with E-state index in [1.54, 1.807) is 12.1 Å². The molecule has 34 heavy (non-hydrogen) atoms. The van der Waals surface area contributed by atoms with Gasteiger partial charge in [0.25, 0.3) is 0 Å². The number of benzene rings is 2. The molecule has 0 aliphatic heterocycles. The molecule has 0 aromatic heterocycles. The first kappa shape index (κ1) is 26.2. The van der Waals surface area contributed by atoms with Gasteiger partial charge in [-0.3, -0.25) is 4.79 Å². The molecule has 1 aliphatic rings. The summed E-state index contributed by atoms with van der Waals surface area (Å²) in [5, 5.41) is 0. The number of ether oxygens (including phenoxy) is 1. The number of carbonyl (C=O) groups excluding carboxylic acids is 1. The molecule has 186 valence electrons. The van der Waals surface area contributed by atoms with E-state index < -0.39 is 40.8 Å². The summed E-state index contributed by atoms with van der Waals surface area (Å²) in [7, 11) is 0. The minimum Gasteiger partial charge on any atom is -0.420 e. The van der Waals surface area contributed by atoms with Crippen LogP contribution in [-0.2, 0) is 17.6 Å². The van der Waals surface area contributed by atoms with E-state index in [2.05, 4.69) is 4.74 Å². The predicted molar refractivity (Wildman–Crippen MR) is 120 cm³/mol. The van der Waals surface area contributed by atoms with Gasteiger partial charge in [-0.25, -0.2) is 13.2 Å². The zero-order valence-corrected chi connectivity index (χ0v) is 19.3. The van der Waals surface area contributed by atoms with Gasteiger partial charge in [0, 0.05) is 0 Å². The summed E-state index contributed by atoms with van der Waals surface area (Å²) in [6.07, 6.45) is 14.7. The molecule has 1 saturated carbocycles. The van der Waals surface area contributed by atoms with Gasteiger partial charge < -0.3 is 4.74 Å². The summed E-state index contributed by atoms with van der Waals surface area (Å²) in [5.41, 5.74) is 1.67. The van der Waals surface area contributed by atoms with Crippen LogP contribution in [0.1, 0.15) is 81.8 Å². The Hall–Kier alpha value is -2.44. The molecule has 0 saturated heterocycles. The first-order valence-corrected chi connectivity index (χ1v) is 12.2. The third kappa shape index (κ3) is 7.28. The fourth-order valence-corrected chi connectivity index (χ4v) is 4.57. The molecule has 2 aromatic rings. The highest BCUT2D eigenvalue weighted by atomic mass is 19.2. The number of carbonyl (C=O) groups is 1. The van der Waals surface area contributed by atoms with Gasteiger partial charge in [0.1, 0.15) is 0 Å². The molecule has 3 rings (SSSR count). The number of hydrogen-bond acceptors (Lipinski definition) is 2. The van der Waals surface area contributed by atoms with Gasteiger partial charge in [-0.1, -0.05) is 94.9 Å². The van der Waals surface area contributed by atoms with Gasteiger partial charge in [-0.15, -0.1) is 0 Å². The van der Waals surface area contributed by atoms with Crippen LogP contribution >= 0.6 is 0 Å². The number of halogens is 5. The Morgan fingerprint density at radius 1 is 0.647 bits per heavy atom. The quantitative estimate of drug-likeness (QED) is 0.142. The van der Waals surface area contributed by atoms with Crippen molar-refractivity contribution in [2.24, 2.45) is 5.92 Å². The van der Waals surface area contributed by atoms with Gasteiger partial charge in [-0.2, -0.15) is 8.78 Å². The molecule has 0 spiro atoms. The molecule has 0 amide bonds. The third-order valence-corrected chi connectivity index (χ3v) is 6.51. The second-order valence-corrected chi connectivity index (χ2v) is 9.20. The summed E-state index contributed by atoms with van der Waals surface area (Å²) in [6.45, 7) is 0. The lowest BCUT2D eigenvalue weighted by Crippen LogP contribution is -2.15. The van der Waals surface area contributed by atoms with Crippen LogP contribution in [-0.4, -0.2) is 5.97 Å². The Morgan fingerprint density at radius 3 is 1.56 bits per heavy atom. The fraction of sp³-hybridized carbons (Fsp3) is 0.519. The van der Waals surface area contributed by atoms with Gasteiger partial charge in [0.15, 0.2) is 0 Å². The van der Waals surface area contributed by atoms with E-state index in [4.69, 9.17) is 0 Å². The number of hydrogen-bond donors (Lipinski definition) is 0. The van der Waals surface area contributed by atoms with E-state index >= 15 is 0 Å². The van der Waals surface area contributed by atoms with E-state index in [0.717, 1.165) is 12.0 Å². The molecule has 1 aliphatic carbocycles. The summed E-state index contributed by atoms with van der Waals surface area (Å²) >= 11 is 0. The maximum atomic E-state index is 13.7. The Balaban J connectivity index is 1.57. The molecule has 2 nitrogen and oxygen atoms in total. The van der Waals surface area contributed by atoms with Crippen molar-refractivity contribution >= 4 is 5.97 Å². The van der Waals surface area contributed by atoms with Crippen molar-refractivity contribution in [3.05, 3.63) is 64.5 Å². The Morgan fingerprint density at radius 2 is 1.06 bits per heavy atom. The lowest BCUT2D eigenvalue weighted by Gasteiger charge is -2.18. The average Bonchev–Trinajstić information content (AvgIpc) is 2.82. The molecule has 7 heteroatoms. The standard InChI is InChI=1S/C27H31F5O2/c28-22-23(29)25(31)27(26(32)24(22)30)34-21(33)17-20-14-12-19(13-15-20)16-18-10-8-6-4-2-1-3-5-7-9-11-18/h12-15,18H,1-11,16-17H2. The fourth-order valence-electron chi connectivity index (χ4n) is 4.57. The van der Waals surface area contributed by atoms with Crippen LogP contribution < -0.4 is 4.74 Å². The van der Waals surface area contributed by atoms with Crippen LogP contribution in [0.3, 0.4) is 0 Å². The summed E-state index contributed by atoms with van der Waals surface area (Å²) < 4.78 is 71.6. The second-order valence-electron chi connectivity index (χ2n) is 9.20. The van der Waals surface area contributed by atoms with E-state index in [0.29, 0.717) is 11.5 Å². The predicted octanol–water partition coefficient (Wildman–Crippen LogP) is 7.99. The van der Waals surface area contributed by atoms with Crippen molar-refractivity contribution in [2.75, 3.05) is 0 Å². The molecule has 1 fully saturated rings. The lowest BCUT2D eigenvalue weighted by molar-refractivity contribution is -0.134. The maximum Gasteiger partial charge on any atom is 0.315 e. The SMILES string of the molecule is O=C(Cc1ccc(CC2CCCCCCCCCCC2)cc1)Oc1c(F)c(F)c(F)c(F)c1F. The van der Waals surface area contributed by atoms with Gasteiger partial charge in [0.2, 0.25) is 34.8 Å². The normalized spacial score (nSPS) is 16.5.